The van der Waals surface area contributed by atoms with Gasteiger partial charge in [-0.1, -0.05) is 0 Å². The Morgan fingerprint density at radius 1 is 1.70 bits per heavy atom. The zero-order valence-electron chi connectivity index (χ0n) is 5.19. The van der Waals surface area contributed by atoms with E-state index in [1.54, 1.807) is 0 Å². The highest BCUT2D eigenvalue weighted by Crippen LogP contribution is 1.86. The van der Waals surface area contributed by atoms with Gasteiger partial charge >= 0.3 is 0 Å². The molecule has 0 fully saturated rings. The van der Waals surface area contributed by atoms with Crippen LogP contribution in [0.5, 0.6) is 0 Å². The summed E-state index contributed by atoms with van der Waals surface area (Å²) < 4.78 is 0. The molecule has 0 atom stereocenters. The van der Waals surface area contributed by atoms with Crippen LogP contribution in [0.3, 0.4) is 0 Å². The summed E-state index contributed by atoms with van der Waals surface area (Å²) in [5, 5.41) is 6.92. The van der Waals surface area contributed by atoms with E-state index in [0.717, 1.165) is 0 Å². The molecule has 5 heteroatoms. The molecule has 0 spiro atoms. The van der Waals surface area contributed by atoms with E-state index in [9.17, 15) is 4.79 Å². The molecule has 0 aliphatic heterocycles. The molecular weight excluding hydrogens is 132 g/mol. The summed E-state index contributed by atoms with van der Waals surface area (Å²) >= 11 is 0. The normalized spacial score (nSPS) is 9.30. The lowest BCUT2D eigenvalue weighted by Gasteiger charge is -1.90. The van der Waals surface area contributed by atoms with Crippen molar-refractivity contribution in [1.29, 1.82) is 0 Å². The fourth-order valence-corrected chi connectivity index (χ4v) is 0.480. The van der Waals surface area contributed by atoms with Gasteiger partial charge in [0.1, 0.15) is 12.0 Å². The first-order valence-electron chi connectivity index (χ1n) is 2.70. The summed E-state index contributed by atoms with van der Waals surface area (Å²) in [7, 11) is 0. The van der Waals surface area contributed by atoms with Crippen molar-refractivity contribution < 1.29 is 4.79 Å². The Balaban J connectivity index is 2.85. The highest BCUT2D eigenvalue weighted by Gasteiger charge is 2.03. The monoisotopic (exact) mass is 138 g/mol. The molecule has 0 aromatic carbocycles. The molecule has 52 valence electrons. The Labute approximate surface area is 57.3 Å². The zero-order chi connectivity index (χ0) is 7.40. The number of nitrogens with zero attached hydrogens (tertiary/aromatic N) is 3. The summed E-state index contributed by atoms with van der Waals surface area (Å²) in [6, 6.07) is 0. The second-order valence-electron chi connectivity index (χ2n) is 1.62. The third kappa shape index (κ3) is 1.32. The summed E-state index contributed by atoms with van der Waals surface area (Å²) in [4.78, 5) is 14.3. The van der Waals surface area contributed by atoms with Crippen molar-refractivity contribution in [2.75, 3.05) is 6.54 Å². The molecule has 0 unspecified atom stereocenters. The molecule has 1 rings (SSSR count). The number of hydrogen-bond donors (Lipinski definition) is 1. The molecule has 0 aliphatic carbocycles. The molecular formula is C5H6N4O. The smallest absolute Gasteiger partial charge is 0.198 e. The maximum atomic E-state index is 10.7. The van der Waals surface area contributed by atoms with Gasteiger partial charge in [0, 0.05) is 0 Å². The molecule has 0 aliphatic rings. The Morgan fingerprint density at radius 2 is 2.50 bits per heavy atom. The van der Waals surface area contributed by atoms with E-state index in [1.165, 1.54) is 12.5 Å². The maximum Gasteiger partial charge on any atom is 0.198 e. The van der Waals surface area contributed by atoms with Gasteiger partial charge in [-0.05, 0) is 0 Å². The maximum absolute atomic E-state index is 10.7. The van der Waals surface area contributed by atoms with E-state index in [2.05, 4.69) is 15.2 Å². The first-order valence-corrected chi connectivity index (χ1v) is 2.70. The van der Waals surface area contributed by atoms with Crippen molar-refractivity contribution in [2.45, 2.75) is 0 Å². The van der Waals surface area contributed by atoms with E-state index >= 15 is 0 Å². The number of carbonyl (C=O) groups is 1. The third-order valence-electron chi connectivity index (χ3n) is 0.952. The van der Waals surface area contributed by atoms with Gasteiger partial charge in [0.2, 0.25) is 0 Å². The van der Waals surface area contributed by atoms with E-state index < -0.39 is 0 Å². The van der Waals surface area contributed by atoms with Crippen molar-refractivity contribution in [3.8, 4) is 0 Å². The lowest BCUT2D eigenvalue weighted by Crippen LogP contribution is -2.15. The molecule has 1 aromatic rings. The van der Waals surface area contributed by atoms with Crippen LogP contribution in [0.1, 0.15) is 10.5 Å². The summed E-state index contributed by atoms with van der Waals surface area (Å²) in [5.41, 5.74) is 5.27. The van der Waals surface area contributed by atoms with Gasteiger partial charge in [0.15, 0.2) is 5.78 Å². The Bertz CT molecular complexity index is 222. The molecule has 1 aromatic heterocycles. The Morgan fingerprint density at radius 3 is 3.00 bits per heavy atom. The van der Waals surface area contributed by atoms with E-state index in [0.29, 0.717) is 0 Å². The molecule has 10 heavy (non-hydrogen) atoms. The standard InChI is InChI=1S/C5H6N4O/c6-1-5(10)4-2-7-3-8-9-4/h2-3H,1,6H2. The summed E-state index contributed by atoms with van der Waals surface area (Å²) in [5.74, 6) is -0.249. The summed E-state index contributed by atoms with van der Waals surface area (Å²) in [6.45, 7) is -0.0552. The van der Waals surface area contributed by atoms with Gasteiger partial charge in [0.05, 0.1) is 12.7 Å². The number of hydrogen-bond acceptors (Lipinski definition) is 5. The first kappa shape index (κ1) is 6.76. The van der Waals surface area contributed by atoms with Crippen LogP contribution >= 0.6 is 0 Å². The number of Topliss-reactive ketones (excluding diaryl/α,β-unsaturated/α-hetero) is 1. The fraction of sp³-hybridized carbons (Fsp3) is 0.200. The topological polar surface area (TPSA) is 81.8 Å². The SMILES string of the molecule is NCC(=O)c1cncnn1. The predicted molar refractivity (Wildman–Crippen MR) is 33.2 cm³/mol. The zero-order valence-corrected chi connectivity index (χ0v) is 5.19. The highest BCUT2D eigenvalue weighted by atomic mass is 16.1. The minimum Gasteiger partial charge on any atom is -0.324 e. The van der Waals surface area contributed by atoms with Crippen molar-refractivity contribution >= 4 is 5.78 Å². The van der Waals surface area contributed by atoms with E-state index in [-0.39, 0.29) is 18.0 Å². The average molecular weight is 138 g/mol. The molecule has 0 bridgehead atoms. The molecule has 5 nitrogen and oxygen atoms in total. The van der Waals surface area contributed by atoms with E-state index in [1.807, 2.05) is 0 Å². The van der Waals surface area contributed by atoms with Crippen molar-refractivity contribution in [3.05, 3.63) is 18.2 Å². The predicted octanol–water partition coefficient (Wildman–Crippen LogP) is -0.987. The highest BCUT2D eigenvalue weighted by molar-refractivity contribution is 5.95. The number of nitrogens with two attached hydrogens (primary N) is 1. The second kappa shape index (κ2) is 2.98. The molecule has 0 saturated carbocycles. The molecule has 0 radical (unpaired) electrons. The van der Waals surface area contributed by atoms with Crippen LogP contribution in [0.4, 0.5) is 0 Å². The van der Waals surface area contributed by atoms with Gasteiger partial charge in [-0.2, -0.15) is 0 Å². The number of aromatic nitrogens is 3. The molecule has 2 N–H and O–H groups in total. The van der Waals surface area contributed by atoms with Crippen LogP contribution in [-0.2, 0) is 0 Å². The Hall–Kier alpha value is -1.36. The van der Waals surface area contributed by atoms with Gasteiger partial charge in [-0.25, -0.2) is 4.98 Å². The van der Waals surface area contributed by atoms with Crippen LogP contribution in [0.2, 0.25) is 0 Å². The number of carbonyl (C=O) groups excluding carboxylic acids is 1. The minimum absolute atomic E-state index is 0.0552. The lowest BCUT2D eigenvalue weighted by atomic mass is 10.3. The number of ketones is 1. The van der Waals surface area contributed by atoms with Gasteiger partial charge < -0.3 is 5.73 Å². The quantitative estimate of drug-likeness (QED) is 0.531. The van der Waals surface area contributed by atoms with Crippen molar-refractivity contribution in [2.24, 2.45) is 5.73 Å². The van der Waals surface area contributed by atoms with Gasteiger partial charge in [-0.15, -0.1) is 10.2 Å². The molecule has 1 heterocycles. The van der Waals surface area contributed by atoms with E-state index in [4.69, 9.17) is 5.73 Å². The lowest BCUT2D eigenvalue weighted by molar-refractivity contribution is 0.0995. The van der Waals surface area contributed by atoms with Crippen molar-refractivity contribution in [3.63, 3.8) is 0 Å². The second-order valence-corrected chi connectivity index (χ2v) is 1.62. The van der Waals surface area contributed by atoms with Crippen LogP contribution in [0.15, 0.2) is 12.5 Å². The summed E-state index contributed by atoms with van der Waals surface area (Å²) in [6.07, 6.45) is 2.59. The molecule has 0 amide bonds. The molecule has 0 saturated heterocycles. The first-order chi connectivity index (χ1) is 4.84. The van der Waals surface area contributed by atoms with Crippen molar-refractivity contribution in [1.82, 2.24) is 15.2 Å². The fourth-order valence-electron chi connectivity index (χ4n) is 0.480. The number of rotatable bonds is 2. The van der Waals surface area contributed by atoms with Gasteiger partial charge in [0.25, 0.3) is 0 Å². The van der Waals surface area contributed by atoms with Crippen LogP contribution in [0.25, 0.3) is 0 Å². The van der Waals surface area contributed by atoms with Crippen LogP contribution in [-0.4, -0.2) is 27.5 Å². The average Bonchev–Trinajstić information content (AvgIpc) is 2.05. The third-order valence-corrected chi connectivity index (χ3v) is 0.952. The minimum atomic E-state index is -0.249. The van der Waals surface area contributed by atoms with Gasteiger partial charge in [-0.3, -0.25) is 4.79 Å². The van der Waals surface area contributed by atoms with Crippen LogP contribution in [0, 0.1) is 0 Å². The largest absolute Gasteiger partial charge is 0.324 e. The Kier molecular flexibility index (Phi) is 2.01. The van der Waals surface area contributed by atoms with Crippen LogP contribution < -0.4 is 5.73 Å².